The van der Waals surface area contributed by atoms with Crippen LogP contribution in [0.4, 0.5) is 16.2 Å². The number of rotatable bonds is 7. The number of benzene rings is 3. The first kappa shape index (κ1) is 26.5. The smallest absolute Gasteiger partial charge is 0.481 e. The molecule has 202 valence electrons. The molecular formula is C32H29N3O5. The number of carbonyl (C=O) groups is 1. The summed E-state index contributed by atoms with van der Waals surface area (Å²) in [5.74, 6) is 2.09. The average molecular weight is 536 g/mol. The number of nitrogens with zero attached hydrogens (tertiary/aromatic N) is 2. The van der Waals surface area contributed by atoms with Gasteiger partial charge in [-0.05, 0) is 66.1 Å². The fraction of sp³-hybridized carbons (Fsp3) is 0.156. The molecule has 40 heavy (non-hydrogen) atoms. The Labute approximate surface area is 231 Å². The molecule has 0 aliphatic heterocycles. The number of hydrogen-bond donors (Lipinski definition) is 3. The van der Waals surface area contributed by atoms with Crippen molar-refractivity contribution in [1.82, 2.24) is 10.1 Å². The third kappa shape index (κ3) is 6.30. The average Bonchev–Trinajstić information content (AvgIpc) is 3.77. The summed E-state index contributed by atoms with van der Waals surface area (Å²) in [5.41, 5.74) is 9.54. The van der Waals surface area contributed by atoms with Crippen LogP contribution in [0.5, 0.6) is 5.88 Å². The molecule has 0 saturated heterocycles. The molecule has 2 aromatic heterocycles. The molecular weight excluding hydrogens is 506 g/mol. The van der Waals surface area contributed by atoms with Gasteiger partial charge in [0, 0.05) is 29.1 Å². The maximum Gasteiger partial charge on any atom is 0.503 e. The Morgan fingerprint density at radius 1 is 0.875 bits per heavy atom. The molecule has 0 spiro atoms. The first-order valence-corrected chi connectivity index (χ1v) is 12.9. The maximum atomic E-state index is 8.56. The van der Waals surface area contributed by atoms with Crippen LogP contribution in [-0.2, 0) is 0 Å². The van der Waals surface area contributed by atoms with Crippen LogP contribution >= 0.6 is 0 Å². The van der Waals surface area contributed by atoms with Gasteiger partial charge in [-0.15, -0.1) is 0 Å². The molecule has 2 heterocycles. The molecule has 1 fully saturated rings. The van der Waals surface area contributed by atoms with Crippen LogP contribution in [0.3, 0.4) is 0 Å². The third-order valence-electron chi connectivity index (χ3n) is 6.71. The lowest BCUT2D eigenvalue weighted by atomic mass is 10.0. The minimum atomic E-state index is -1.83. The first-order chi connectivity index (χ1) is 19.4. The molecule has 0 atom stereocenters. The van der Waals surface area contributed by atoms with Crippen molar-refractivity contribution < 1.29 is 24.3 Å². The lowest BCUT2D eigenvalue weighted by molar-refractivity contribution is 0.137. The van der Waals surface area contributed by atoms with Crippen LogP contribution in [0.1, 0.15) is 30.0 Å². The van der Waals surface area contributed by atoms with E-state index in [1.165, 1.54) is 29.5 Å². The van der Waals surface area contributed by atoms with Crippen LogP contribution in [0.15, 0.2) is 95.6 Å². The highest BCUT2D eigenvalue weighted by Gasteiger charge is 2.23. The summed E-state index contributed by atoms with van der Waals surface area (Å²) in [6, 6.07) is 29.5. The molecule has 1 aliphatic rings. The number of hydrogen-bond acceptors (Lipinski definition) is 6. The molecule has 1 saturated carbocycles. The fourth-order valence-electron chi connectivity index (χ4n) is 4.49. The summed E-state index contributed by atoms with van der Waals surface area (Å²) in [6.45, 7) is 1.95. The van der Waals surface area contributed by atoms with Gasteiger partial charge in [0.15, 0.2) is 5.76 Å². The van der Waals surface area contributed by atoms with Crippen molar-refractivity contribution in [2.45, 2.75) is 25.7 Å². The molecule has 8 nitrogen and oxygen atoms in total. The summed E-state index contributed by atoms with van der Waals surface area (Å²) in [7, 11) is 1.62. The quantitative estimate of drug-likeness (QED) is 0.191. The summed E-state index contributed by atoms with van der Waals surface area (Å²) < 4.78 is 10.9. The number of carboxylic acid groups (broad SMARTS) is 2. The Kier molecular flexibility index (Phi) is 7.77. The van der Waals surface area contributed by atoms with Crippen LogP contribution in [-0.4, -0.2) is 33.6 Å². The van der Waals surface area contributed by atoms with Crippen LogP contribution in [0.2, 0.25) is 0 Å². The van der Waals surface area contributed by atoms with Gasteiger partial charge in [0.2, 0.25) is 5.88 Å². The minimum Gasteiger partial charge on any atom is -0.481 e. The SMILES string of the molecule is COc1ccc(-c2cccc(Nc3c(C)noc3-c3ccc(-c4ccc(C5CC5)cc4)cc3)c2)cn1.O=C(O)O. The molecule has 0 radical (unpaired) electrons. The molecule has 8 heteroatoms. The first-order valence-electron chi connectivity index (χ1n) is 12.9. The van der Waals surface area contributed by atoms with Crippen molar-refractivity contribution in [3.8, 4) is 39.5 Å². The van der Waals surface area contributed by atoms with E-state index in [1.807, 2.05) is 37.4 Å². The van der Waals surface area contributed by atoms with Gasteiger partial charge in [-0.3, -0.25) is 0 Å². The maximum absolute atomic E-state index is 8.56. The summed E-state index contributed by atoms with van der Waals surface area (Å²) in [4.78, 5) is 12.9. The number of pyridine rings is 1. The second-order valence-corrected chi connectivity index (χ2v) is 9.52. The van der Waals surface area contributed by atoms with Gasteiger partial charge in [-0.25, -0.2) is 9.78 Å². The van der Waals surface area contributed by atoms with E-state index in [2.05, 4.69) is 76.1 Å². The van der Waals surface area contributed by atoms with Crippen molar-refractivity contribution in [2.75, 3.05) is 12.4 Å². The molecule has 0 bridgehead atoms. The highest BCUT2D eigenvalue weighted by molar-refractivity contribution is 5.81. The Morgan fingerprint density at radius 2 is 1.50 bits per heavy atom. The molecule has 0 amide bonds. The van der Waals surface area contributed by atoms with Crippen LogP contribution in [0, 0.1) is 6.92 Å². The highest BCUT2D eigenvalue weighted by Crippen LogP contribution is 2.41. The van der Waals surface area contributed by atoms with Gasteiger partial charge in [-0.2, -0.15) is 0 Å². The second kappa shape index (κ2) is 11.7. The monoisotopic (exact) mass is 535 g/mol. The normalized spacial score (nSPS) is 12.2. The zero-order valence-electron chi connectivity index (χ0n) is 22.2. The van der Waals surface area contributed by atoms with Gasteiger partial charge in [0.1, 0.15) is 11.4 Å². The van der Waals surface area contributed by atoms with E-state index in [9.17, 15) is 0 Å². The summed E-state index contributed by atoms with van der Waals surface area (Å²) in [6.07, 6.45) is 2.63. The predicted octanol–water partition coefficient (Wildman–Crippen LogP) is 8.23. The summed E-state index contributed by atoms with van der Waals surface area (Å²) in [5, 5.41) is 21.7. The van der Waals surface area contributed by atoms with Crippen LogP contribution < -0.4 is 10.1 Å². The van der Waals surface area contributed by atoms with E-state index in [1.54, 1.807) is 7.11 Å². The number of aryl methyl sites for hydroxylation is 1. The third-order valence-corrected chi connectivity index (χ3v) is 6.71. The van der Waals surface area contributed by atoms with E-state index >= 15 is 0 Å². The second-order valence-electron chi connectivity index (χ2n) is 9.52. The predicted molar refractivity (Wildman–Crippen MR) is 154 cm³/mol. The Balaban J connectivity index is 0.000000758. The van der Waals surface area contributed by atoms with E-state index in [0.29, 0.717) is 5.88 Å². The molecule has 0 unspecified atom stereocenters. The number of anilines is 2. The minimum absolute atomic E-state index is 0.596. The lowest BCUT2D eigenvalue weighted by Gasteiger charge is -2.10. The Morgan fingerprint density at radius 3 is 2.10 bits per heavy atom. The van der Waals surface area contributed by atoms with Crippen molar-refractivity contribution >= 4 is 17.5 Å². The standard InChI is InChI=1S/C31H27N3O2.CH2O3/c1-20-30(33-28-5-3-4-26(18-28)27-16-17-29(35-2)32-19-27)31(36-34-20)25-14-12-24(13-15-25)23-10-8-22(9-11-23)21-6-7-21;2-1(3)4/h3-5,8-19,21,33H,6-7H2,1-2H3;(H2,2,3,4). The van der Waals surface area contributed by atoms with Gasteiger partial charge in [0.05, 0.1) is 7.11 Å². The lowest BCUT2D eigenvalue weighted by Crippen LogP contribution is -1.94. The van der Waals surface area contributed by atoms with Crippen molar-refractivity contribution in [2.24, 2.45) is 0 Å². The molecule has 3 aromatic carbocycles. The van der Waals surface area contributed by atoms with E-state index in [-0.39, 0.29) is 0 Å². The zero-order valence-corrected chi connectivity index (χ0v) is 22.2. The number of ether oxygens (including phenoxy) is 1. The fourth-order valence-corrected chi connectivity index (χ4v) is 4.49. The Bertz CT molecular complexity index is 1590. The topological polar surface area (TPSA) is 118 Å². The van der Waals surface area contributed by atoms with E-state index in [4.69, 9.17) is 24.3 Å². The molecule has 1 aliphatic carbocycles. The van der Waals surface area contributed by atoms with Gasteiger partial charge < -0.3 is 24.8 Å². The van der Waals surface area contributed by atoms with E-state index in [0.717, 1.165) is 45.4 Å². The molecule has 5 aromatic rings. The molecule has 3 N–H and O–H groups in total. The van der Waals surface area contributed by atoms with Gasteiger partial charge in [-0.1, -0.05) is 65.8 Å². The van der Waals surface area contributed by atoms with Crippen molar-refractivity contribution in [1.29, 1.82) is 0 Å². The molecule has 6 rings (SSSR count). The van der Waals surface area contributed by atoms with Crippen LogP contribution in [0.25, 0.3) is 33.6 Å². The van der Waals surface area contributed by atoms with Crippen molar-refractivity contribution in [3.63, 3.8) is 0 Å². The number of methoxy groups -OCH3 is 1. The largest absolute Gasteiger partial charge is 0.503 e. The van der Waals surface area contributed by atoms with Crippen molar-refractivity contribution in [3.05, 3.63) is 102 Å². The Hall–Kier alpha value is -5.11. The number of aromatic nitrogens is 2. The zero-order chi connectivity index (χ0) is 28.1. The summed E-state index contributed by atoms with van der Waals surface area (Å²) >= 11 is 0. The number of nitrogens with one attached hydrogen (secondary N) is 1. The highest BCUT2D eigenvalue weighted by atomic mass is 16.6. The van der Waals surface area contributed by atoms with Gasteiger partial charge in [0.25, 0.3) is 0 Å². The van der Waals surface area contributed by atoms with Gasteiger partial charge >= 0.3 is 6.16 Å². The van der Waals surface area contributed by atoms with E-state index < -0.39 is 6.16 Å².